The van der Waals surface area contributed by atoms with Gasteiger partial charge in [-0.05, 0) is 29.5 Å². The van der Waals surface area contributed by atoms with Crippen LogP contribution < -0.4 is 10.0 Å². The van der Waals surface area contributed by atoms with Gasteiger partial charge in [-0.2, -0.15) is 0 Å². The Hall–Kier alpha value is -1.21. The van der Waals surface area contributed by atoms with Crippen molar-refractivity contribution in [3.63, 3.8) is 0 Å². The van der Waals surface area contributed by atoms with Gasteiger partial charge in [0.2, 0.25) is 10.0 Å². The number of nitrogens with one attached hydrogen (secondary N) is 2. The van der Waals surface area contributed by atoms with E-state index >= 15 is 0 Å². The zero-order valence-corrected chi connectivity index (χ0v) is 13.4. The molecule has 2 N–H and O–H groups in total. The Morgan fingerprint density at radius 1 is 1.24 bits per heavy atom. The van der Waals surface area contributed by atoms with E-state index in [2.05, 4.69) is 10.0 Å². The van der Waals surface area contributed by atoms with Gasteiger partial charge in [0.1, 0.15) is 4.21 Å². The average molecular weight is 322 g/mol. The molecule has 1 aromatic carbocycles. The van der Waals surface area contributed by atoms with E-state index in [4.69, 9.17) is 0 Å². The maximum atomic E-state index is 12.4. The van der Waals surface area contributed by atoms with E-state index in [0.717, 1.165) is 17.7 Å². The van der Waals surface area contributed by atoms with Crippen LogP contribution in [-0.2, 0) is 10.0 Å². The molecule has 0 amide bonds. The van der Waals surface area contributed by atoms with Crippen molar-refractivity contribution in [2.45, 2.75) is 23.1 Å². The van der Waals surface area contributed by atoms with Gasteiger partial charge in [-0.15, -0.1) is 11.3 Å². The lowest BCUT2D eigenvalue weighted by atomic mass is 9.95. The number of hydrogen-bond acceptors (Lipinski definition) is 4. The Labute approximate surface area is 129 Å². The van der Waals surface area contributed by atoms with Crippen molar-refractivity contribution in [2.75, 3.05) is 13.1 Å². The highest BCUT2D eigenvalue weighted by Gasteiger charge is 2.32. The topological polar surface area (TPSA) is 58.2 Å². The van der Waals surface area contributed by atoms with Crippen LogP contribution in [0.4, 0.5) is 0 Å². The maximum absolute atomic E-state index is 12.4. The molecule has 21 heavy (non-hydrogen) atoms. The summed E-state index contributed by atoms with van der Waals surface area (Å²) < 4.78 is 28.1. The van der Waals surface area contributed by atoms with Crippen LogP contribution in [0.3, 0.4) is 0 Å². The fourth-order valence-corrected chi connectivity index (χ4v) is 5.18. The molecule has 0 radical (unpaired) electrons. The molecular formula is C15H18N2O2S2. The molecule has 112 valence electrons. The Kier molecular flexibility index (Phi) is 4.12. The predicted molar refractivity (Wildman–Crippen MR) is 85.2 cm³/mol. The largest absolute Gasteiger partial charge is 0.314 e. The molecule has 0 unspecified atom stereocenters. The molecule has 0 saturated carbocycles. The smallest absolute Gasteiger partial charge is 0.250 e. The molecule has 4 nitrogen and oxygen atoms in total. The van der Waals surface area contributed by atoms with Crippen LogP contribution in [-0.4, -0.2) is 27.5 Å². The molecular weight excluding hydrogens is 304 g/mol. The number of hydrogen-bond donors (Lipinski definition) is 2. The molecule has 0 bridgehead atoms. The second-order valence-electron chi connectivity index (χ2n) is 5.35. The normalized spacial score (nSPS) is 22.5. The van der Waals surface area contributed by atoms with E-state index in [-0.39, 0.29) is 12.0 Å². The number of aryl methyl sites for hydroxylation is 1. The summed E-state index contributed by atoms with van der Waals surface area (Å²) in [6.07, 6.45) is 0. The fourth-order valence-electron chi connectivity index (χ4n) is 2.66. The molecule has 1 fully saturated rings. The van der Waals surface area contributed by atoms with E-state index in [9.17, 15) is 8.42 Å². The monoisotopic (exact) mass is 322 g/mol. The second-order valence-corrected chi connectivity index (χ2v) is 8.20. The quantitative estimate of drug-likeness (QED) is 0.906. The molecule has 1 aliphatic heterocycles. The Bertz CT molecular complexity index is 710. The standard InChI is InChI=1S/C15H18N2O2S2/c1-11-7-15(20-10-11)21(18,19)17-14-9-16-8-13(14)12-5-3-2-4-6-12/h2-7,10,13-14,16-17H,8-9H2,1H3/t13-,14+/m0/s1. The zero-order valence-electron chi connectivity index (χ0n) is 11.7. The third kappa shape index (κ3) is 3.18. The Morgan fingerprint density at radius 3 is 2.67 bits per heavy atom. The molecule has 6 heteroatoms. The first-order valence-electron chi connectivity index (χ1n) is 6.89. The van der Waals surface area contributed by atoms with Gasteiger partial charge in [0, 0.05) is 25.0 Å². The summed E-state index contributed by atoms with van der Waals surface area (Å²) in [5.41, 5.74) is 2.14. The molecule has 2 heterocycles. The van der Waals surface area contributed by atoms with Gasteiger partial charge in [0.15, 0.2) is 0 Å². The minimum absolute atomic E-state index is 0.111. The van der Waals surface area contributed by atoms with Crippen molar-refractivity contribution in [3.8, 4) is 0 Å². The predicted octanol–water partition coefficient (Wildman–Crippen LogP) is 2.09. The molecule has 1 aliphatic rings. The van der Waals surface area contributed by atoms with Crippen molar-refractivity contribution in [3.05, 3.63) is 52.9 Å². The molecule has 3 rings (SSSR count). The first-order valence-corrected chi connectivity index (χ1v) is 9.26. The lowest BCUT2D eigenvalue weighted by Gasteiger charge is -2.19. The van der Waals surface area contributed by atoms with Crippen molar-refractivity contribution in [1.29, 1.82) is 0 Å². The lowest BCUT2D eigenvalue weighted by Crippen LogP contribution is -2.39. The first kappa shape index (κ1) is 14.7. The summed E-state index contributed by atoms with van der Waals surface area (Å²) >= 11 is 1.27. The van der Waals surface area contributed by atoms with Gasteiger partial charge in [-0.25, -0.2) is 13.1 Å². The number of thiophene rings is 1. The minimum atomic E-state index is -3.44. The molecule has 2 aromatic rings. The highest BCUT2D eigenvalue weighted by Crippen LogP contribution is 2.26. The van der Waals surface area contributed by atoms with E-state index < -0.39 is 10.0 Å². The van der Waals surface area contributed by atoms with Crippen molar-refractivity contribution < 1.29 is 8.42 Å². The summed E-state index contributed by atoms with van der Waals surface area (Å²) in [5, 5.41) is 5.13. The van der Waals surface area contributed by atoms with Crippen LogP contribution in [0.2, 0.25) is 0 Å². The van der Waals surface area contributed by atoms with Crippen LogP contribution in [0.5, 0.6) is 0 Å². The summed E-state index contributed by atoms with van der Waals surface area (Å²) in [5.74, 6) is 0.169. The first-order chi connectivity index (χ1) is 10.1. The van der Waals surface area contributed by atoms with Crippen LogP contribution in [0.15, 0.2) is 46.0 Å². The molecule has 0 aliphatic carbocycles. The summed E-state index contributed by atoms with van der Waals surface area (Å²) in [6, 6.07) is 11.7. The molecule has 1 aromatic heterocycles. The summed E-state index contributed by atoms with van der Waals surface area (Å²) in [6.45, 7) is 3.35. The zero-order chi connectivity index (χ0) is 14.9. The van der Waals surface area contributed by atoms with Crippen molar-refractivity contribution in [2.24, 2.45) is 0 Å². The van der Waals surface area contributed by atoms with Crippen molar-refractivity contribution in [1.82, 2.24) is 10.0 Å². The average Bonchev–Trinajstić information content (AvgIpc) is 3.09. The fraction of sp³-hybridized carbons (Fsp3) is 0.333. The highest BCUT2D eigenvalue weighted by atomic mass is 32.2. The van der Waals surface area contributed by atoms with Gasteiger partial charge in [0.05, 0.1) is 0 Å². The summed E-state index contributed by atoms with van der Waals surface area (Å²) in [4.78, 5) is 0. The van der Waals surface area contributed by atoms with Crippen LogP contribution in [0.1, 0.15) is 17.0 Å². The molecule has 2 atom stereocenters. The van der Waals surface area contributed by atoms with Crippen LogP contribution >= 0.6 is 11.3 Å². The van der Waals surface area contributed by atoms with E-state index in [1.807, 2.05) is 42.6 Å². The third-order valence-electron chi connectivity index (χ3n) is 3.72. The SMILES string of the molecule is Cc1csc(S(=O)(=O)N[C@@H]2CNC[C@H]2c2ccccc2)c1. The Morgan fingerprint density at radius 2 is 2.00 bits per heavy atom. The van der Waals surface area contributed by atoms with Gasteiger partial charge in [-0.3, -0.25) is 0 Å². The molecule has 0 spiro atoms. The number of rotatable bonds is 4. The minimum Gasteiger partial charge on any atom is -0.314 e. The lowest BCUT2D eigenvalue weighted by molar-refractivity contribution is 0.543. The third-order valence-corrected chi connectivity index (χ3v) is 6.77. The van der Waals surface area contributed by atoms with E-state index in [1.54, 1.807) is 6.07 Å². The van der Waals surface area contributed by atoms with Gasteiger partial charge < -0.3 is 5.32 Å². The van der Waals surface area contributed by atoms with Gasteiger partial charge in [0.25, 0.3) is 0 Å². The van der Waals surface area contributed by atoms with Crippen LogP contribution in [0, 0.1) is 6.92 Å². The van der Waals surface area contributed by atoms with Crippen LogP contribution in [0.25, 0.3) is 0 Å². The highest BCUT2D eigenvalue weighted by molar-refractivity contribution is 7.91. The maximum Gasteiger partial charge on any atom is 0.250 e. The van der Waals surface area contributed by atoms with E-state index in [1.165, 1.54) is 11.3 Å². The van der Waals surface area contributed by atoms with Gasteiger partial charge in [-0.1, -0.05) is 30.3 Å². The van der Waals surface area contributed by atoms with Gasteiger partial charge >= 0.3 is 0 Å². The Balaban J connectivity index is 1.81. The molecule has 1 saturated heterocycles. The number of sulfonamides is 1. The number of benzene rings is 1. The van der Waals surface area contributed by atoms with Crippen molar-refractivity contribution >= 4 is 21.4 Å². The van der Waals surface area contributed by atoms with E-state index in [0.29, 0.717) is 10.8 Å². The summed E-state index contributed by atoms with van der Waals surface area (Å²) in [7, 11) is -3.44. The second kappa shape index (κ2) is 5.88.